The fourth-order valence-electron chi connectivity index (χ4n) is 1.30. The van der Waals surface area contributed by atoms with E-state index in [0.717, 1.165) is 11.5 Å². The summed E-state index contributed by atoms with van der Waals surface area (Å²) in [6.07, 6.45) is 4.43. The number of hydrogen-bond donors (Lipinski definition) is 1. The van der Waals surface area contributed by atoms with Crippen LogP contribution in [0.25, 0.3) is 0 Å². The van der Waals surface area contributed by atoms with Gasteiger partial charge in [-0.2, -0.15) is 0 Å². The Bertz CT molecular complexity index is 295. The Morgan fingerprint density at radius 2 is 2.33 bits per heavy atom. The molecule has 1 aliphatic rings. The lowest BCUT2D eigenvalue weighted by Gasteiger charge is -2.02. The molecule has 2 rings (SSSR count). The quantitative estimate of drug-likeness (QED) is 0.712. The van der Waals surface area contributed by atoms with Crippen molar-refractivity contribution in [2.24, 2.45) is 5.73 Å². The predicted octanol–water partition coefficient (Wildman–Crippen LogP) is 2.07. The van der Waals surface area contributed by atoms with Crippen molar-refractivity contribution >= 4 is 11.6 Å². The summed E-state index contributed by atoms with van der Waals surface area (Å²) >= 11 is 5.83. The Kier molecular flexibility index (Phi) is 2.03. The number of aromatic nitrogens is 1. The van der Waals surface area contributed by atoms with Crippen LogP contribution in [-0.2, 0) is 6.54 Å². The van der Waals surface area contributed by atoms with Gasteiger partial charge in [-0.1, -0.05) is 11.6 Å². The molecule has 0 atom stereocenters. The maximum absolute atomic E-state index is 5.83. The average Bonchev–Trinajstić information content (AvgIpc) is 2.88. The first kappa shape index (κ1) is 8.02. The molecule has 3 heteroatoms. The Morgan fingerprint density at radius 3 is 2.92 bits per heavy atom. The molecule has 0 spiro atoms. The first-order valence-electron chi connectivity index (χ1n) is 4.15. The van der Waals surface area contributed by atoms with Crippen molar-refractivity contribution in [2.45, 2.75) is 25.3 Å². The Labute approximate surface area is 76.7 Å². The smallest absolute Gasteiger partial charge is 0.133 e. The van der Waals surface area contributed by atoms with Crippen LogP contribution >= 0.6 is 11.6 Å². The predicted molar refractivity (Wildman–Crippen MR) is 49.1 cm³/mol. The molecule has 0 radical (unpaired) electrons. The van der Waals surface area contributed by atoms with E-state index in [-0.39, 0.29) is 0 Å². The second kappa shape index (κ2) is 3.04. The van der Waals surface area contributed by atoms with Crippen molar-refractivity contribution in [3.8, 4) is 0 Å². The zero-order valence-corrected chi connectivity index (χ0v) is 7.51. The van der Waals surface area contributed by atoms with Crippen LogP contribution in [0.5, 0.6) is 0 Å². The maximum atomic E-state index is 5.83. The molecule has 1 aliphatic carbocycles. The summed E-state index contributed by atoms with van der Waals surface area (Å²) in [6, 6.07) is 2.08. The van der Waals surface area contributed by atoms with Crippen molar-refractivity contribution in [1.29, 1.82) is 0 Å². The zero-order chi connectivity index (χ0) is 8.55. The van der Waals surface area contributed by atoms with E-state index in [1.54, 1.807) is 0 Å². The fraction of sp³-hybridized carbons (Fsp3) is 0.444. The highest BCUT2D eigenvalue weighted by Crippen LogP contribution is 2.40. The second-order valence-corrected chi connectivity index (χ2v) is 3.55. The molecule has 1 heterocycles. The fourth-order valence-corrected chi connectivity index (χ4v) is 1.48. The molecule has 2 N–H and O–H groups in total. The molecule has 0 aromatic carbocycles. The third-order valence-electron chi connectivity index (χ3n) is 2.20. The van der Waals surface area contributed by atoms with Gasteiger partial charge in [-0.3, -0.25) is 0 Å². The molecule has 0 aliphatic heterocycles. The molecule has 2 nitrogen and oxygen atoms in total. The lowest BCUT2D eigenvalue weighted by molar-refractivity contribution is 1.01. The Balaban J connectivity index is 2.33. The van der Waals surface area contributed by atoms with Crippen LogP contribution in [0.3, 0.4) is 0 Å². The van der Waals surface area contributed by atoms with Crippen LogP contribution in [0.15, 0.2) is 12.3 Å². The van der Waals surface area contributed by atoms with E-state index < -0.39 is 0 Å². The van der Waals surface area contributed by atoms with Crippen molar-refractivity contribution in [2.75, 3.05) is 0 Å². The number of nitrogens with two attached hydrogens (primary N) is 1. The molecule has 1 fully saturated rings. The van der Waals surface area contributed by atoms with Crippen LogP contribution < -0.4 is 5.73 Å². The minimum Gasteiger partial charge on any atom is -0.326 e. The van der Waals surface area contributed by atoms with Crippen LogP contribution in [-0.4, -0.2) is 4.98 Å². The minimum absolute atomic E-state index is 0.479. The molecule has 1 aromatic rings. The van der Waals surface area contributed by atoms with Gasteiger partial charge in [0.1, 0.15) is 5.15 Å². The van der Waals surface area contributed by atoms with E-state index in [0.29, 0.717) is 11.7 Å². The summed E-state index contributed by atoms with van der Waals surface area (Å²) in [5.74, 6) is 0.722. The van der Waals surface area contributed by atoms with Crippen LogP contribution in [0.2, 0.25) is 5.15 Å². The highest BCUT2D eigenvalue weighted by atomic mass is 35.5. The van der Waals surface area contributed by atoms with E-state index in [4.69, 9.17) is 17.3 Å². The van der Waals surface area contributed by atoms with E-state index in [9.17, 15) is 0 Å². The SMILES string of the molecule is NCc1cc(C2CC2)cnc1Cl. The van der Waals surface area contributed by atoms with Crippen molar-refractivity contribution in [3.63, 3.8) is 0 Å². The minimum atomic E-state index is 0.479. The highest BCUT2D eigenvalue weighted by Gasteiger charge is 2.24. The van der Waals surface area contributed by atoms with Crippen molar-refractivity contribution in [1.82, 2.24) is 4.98 Å². The van der Waals surface area contributed by atoms with Crippen LogP contribution in [0, 0.1) is 0 Å². The van der Waals surface area contributed by atoms with Gasteiger partial charge in [-0.25, -0.2) is 4.98 Å². The molecular weight excluding hydrogens is 172 g/mol. The number of nitrogens with zero attached hydrogens (tertiary/aromatic N) is 1. The Hall–Kier alpha value is -0.600. The van der Waals surface area contributed by atoms with Gasteiger partial charge in [0.15, 0.2) is 0 Å². The van der Waals surface area contributed by atoms with Crippen LogP contribution in [0.4, 0.5) is 0 Å². The van der Waals surface area contributed by atoms with Gasteiger partial charge < -0.3 is 5.73 Å². The van der Waals surface area contributed by atoms with Crippen molar-refractivity contribution in [3.05, 3.63) is 28.5 Å². The third-order valence-corrected chi connectivity index (χ3v) is 2.54. The lowest BCUT2D eigenvalue weighted by atomic mass is 10.1. The van der Waals surface area contributed by atoms with Gasteiger partial charge in [0.25, 0.3) is 0 Å². The summed E-state index contributed by atoms with van der Waals surface area (Å²) in [4.78, 5) is 4.10. The lowest BCUT2D eigenvalue weighted by Crippen LogP contribution is -1.99. The topological polar surface area (TPSA) is 38.9 Å². The molecule has 0 saturated heterocycles. The van der Waals surface area contributed by atoms with E-state index >= 15 is 0 Å². The van der Waals surface area contributed by atoms with Gasteiger partial charge in [-0.05, 0) is 30.4 Å². The van der Waals surface area contributed by atoms with Gasteiger partial charge in [0.2, 0.25) is 0 Å². The third kappa shape index (κ3) is 1.45. The summed E-state index contributed by atoms with van der Waals surface area (Å²) in [7, 11) is 0. The molecule has 0 amide bonds. The monoisotopic (exact) mass is 182 g/mol. The molecule has 1 aromatic heterocycles. The number of pyridine rings is 1. The molecular formula is C9H11ClN2. The van der Waals surface area contributed by atoms with E-state index in [1.165, 1.54) is 18.4 Å². The van der Waals surface area contributed by atoms with Gasteiger partial charge in [-0.15, -0.1) is 0 Å². The molecule has 1 saturated carbocycles. The van der Waals surface area contributed by atoms with Crippen LogP contribution in [0.1, 0.15) is 29.9 Å². The molecule has 0 unspecified atom stereocenters. The molecule has 12 heavy (non-hydrogen) atoms. The maximum Gasteiger partial charge on any atom is 0.133 e. The number of halogens is 1. The first-order valence-corrected chi connectivity index (χ1v) is 4.53. The van der Waals surface area contributed by atoms with E-state index in [2.05, 4.69) is 11.1 Å². The van der Waals surface area contributed by atoms with Gasteiger partial charge in [0, 0.05) is 18.3 Å². The molecule has 64 valence electrons. The standard InChI is InChI=1S/C9H11ClN2/c10-9-7(4-11)3-8(5-12-9)6-1-2-6/h3,5-6H,1-2,4,11H2. The normalized spacial score (nSPS) is 16.5. The average molecular weight is 183 g/mol. The highest BCUT2D eigenvalue weighted by molar-refractivity contribution is 6.30. The number of rotatable bonds is 2. The number of hydrogen-bond acceptors (Lipinski definition) is 2. The first-order chi connectivity index (χ1) is 5.81. The summed E-state index contributed by atoms with van der Waals surface area (Å²) in [5, 5.41) is 0.543. The summed E-state index contributed by atoms with van der Waals surface area (Å²) in [5.41, 5.74) is 7.77. The molecule has 0 bridgehead atoms. The zero-order valence-electron chi connectivity index (χ0n) is 6.76. The largest absolute Gasteiger partial charge is 0.326 e. The summed E-state index contributed by atoms with van der Waals surface area (Å²) < 4.78 is 0. The van der Waals surface area contributed by atoms with Gasteiger partial charge in [0.05, 0.1) is 0 Å². The Morgan fingerprint density at radius 1 is 1.58 bits per heavy atom. The van der Waals surface area contributed by atoms with E-state index in [1.807, 2.05) is 6.20 Å². The summed E-state index contributed by atoms with van der Waals surface area (Å²) in [6.45, 7) is 0.479. The van der Waals surface area contributed by atoms with Gasteiger partial charge >= 0.3 is 0 Å². The van der Waals surface area contributed by atoms with Crippen molar-refractivity contribution < 1.29 is 0 Å². The second-order valence-electron chi connectivity index (χ2n) is 3.20.